The third-order valence-corrected chi connectivity index (χ3v) is 15.6. The molecule has 8 aromatic heterocycles. The topological polar surface area (TPSA) is 268 Å². The van der Waals surface area contributed by atoms with Gasteiger partial charge in [-0.15, -0.1) is 20.4 Å². The van der Waals surface area contributed by atoms with Crippen molar-refractivity contribution in [3.05, 3.63) is 113 Å². The summed E-state index contributed by atoms with van der Waals surface area (Å²) < 4.78 is 5.58. The van der Waals surface area contributed by atoms with Gasteiger partial charge < -0.3 is 26.6 Å². The number of nitrogen functional groups attached to an aromatic ring is 1. The molecule has 7 aliphatic rings. The largest absolute Gasteiger partial charge is 0.383 e. The summed E-state index contributed by atoms with van der Waals surface area (Å²) in [7, 11) is 0. The molecule has 424 valence electrons. The first-order chi connectivity index (χ1) is 38.7. The van der Waals surface area contributed by atoms with Gasteiger partial charge in [0, 0.05) is 96.2 Å². The molecular formula is C57H73N21OS2. The van der Waals surface area contributed by atoms with Crippen LogP contribution < -0.4 is 26.6 Å². The first-order valence-corrected chi connectivity index (χ1v) is 28.7. The van der Waals surface area contributed by atoms with Crippen molar-refractivity contribution in [1.82, 2.24) is 79.9 Å². The fraction of sp³-hybridized carbons (Fsp3) is 0.491. The Balaban J connectivity index is 0.000000138. The molecule has 0 radical (unpaired) electrons. The number of aromatic amines is 1. The number of H-pyrrole nitrogens is 1. The lowest BCUT2D eigenvalue weighted by molar-refractivity contribution is -0.119. The molecule has 0 aromatic carbocycles. The van der Waals surface area contributed by atoms with Crippen LogP contribution in [0.4, 0.5) is 35.2 Å². The second kappa shape index (κ2) is 23.9. The van der Waals surface area contributed by atoms with Crippen molar-refractivity contribution >= 4 is 67.9 Å². The van der Waals surface area contributed by atoms with Gasteiger partial charge in [-0.25, -0.2) is 9.36 Å². The number of carbonyl (C=O) groups is 1. The molecule has 6 aliphatic carbocycles. The van der Waals surface area contributed by atoms with Crippen LogP contribution in [-0.4, -0.2) is 111 Å². The Labute approximate surface area is 485 Å². The molecule has 0 amide bonds. The molecule has 24 heteroatoms. The fourth-order valence-electron chi connectivity index (χ4n) is 10.4. The Morgan fingerprint density at radius 1 is 0.617 bits per heavy atom. The van der Waals surface area contributed by atoms with Crippen molar-refractivity contribution in [2.24, 2.45) is 5.92 Å². The summed E-state index contributed by atoms with van der Waals surface area (Å²) in [5.41, 5.74) is 14.3. The van der Waals surface area contributed by atoms with Crippen LogP contribution in [0.25, 0.3) is 17.6 Å². The molecule has 8 aromatic rings. The van der Waals surface area contributed by atoms with Crippen molar-refractivity contribution in [2.45, 2.75) is 152 Å². The molecule has 0 spiro atoms. The minimum atomic E-state index is -0.367. The van der Waals surface area contributed by atoms with Crippen molar-refractivity contribution in [3.8, 4) is 17.6 Å². The number of nitrogens with zero attached hydrogens (tertiary/aromatic N) is 16. The van der Waals surface area contributed by atoms with E-state index in [1.807, 2.05) is 68.9 Å². The number of carbonyl (C=O) groups excluding carboxylic acids is 1. The minimum absolute atomic E-state index is 0. The smallest absolute Gasteiger partial charge is 0.259 e. The van der Waals surface area contributed by atoms with Crippen molar-refractivity contribution in [2.75, 3.05) is 46.2 Å². The Morgan fingerprint density at radius 2 is 1.16 bits per heavy atom. The van der Waals surface area contributed by atoms with Crippen LogP contribution >= 0.6 is 27.0 Å². The lowest BCUT2D eigenvalue weighted by atomic mass is 10.0. The van der Waals surface area contributed by atoms with Crippen molar-refractivity contribution in [1.29, 1.82) is 0 Å². The van der Waals surface area contributed by atoms with E-state index >= 15 is 0 Å². The van der Waals surface area contributed by atoms with Crippen LogP contribution in [0.2, 0.25) is 0 Å². The second-order valence-electron chi connectivity index (χ2n) is 22.5. The molecule has 22 nitrogen and oxygen atoms in total. The van der Waals surface area contributed by atoms with Crippen molar-refractivity contribution < 1.29 is 4.79 Å². The van der Waals surface area contributed by atoms with E-state index in [0.29, 0.717) is 77.5 Å². The summed E-state index contributed by atoms with van der Waals surface area (Å²) in [5, 5.41) is 48.4. The maximum absolute atomic E-state index is 13.5. The third kappa shape index (κ3) is 13.2. The predicted molar refractivity (Wildman–Crippen MR) is 320 cm³/mol. The van der Waals surface area contributed by atoms with Gasteiger partial charge >= 0.3 is 0 Å². The monoisotopic (exact) mass is 1130 g/mol. The molecule has 6 N–H and O–H groups in total. The molecule has 81 heavy (non-hydrogen) atoms. The zero-order chi connectivity index (χ0) is 53.6. The number of hydrogen-bond acceptors (Lipinski definition) is 18. The highest BCUT2D eigenvalue weighted by Crippen LogP contribution is 2.47. The number of Topliss-reactive ketones (excluding diaryl/α,β-unsaturated/α-hetero) is 1. The van der Waals surface area contributed by atoms with Gasteiger partial charge in [0.25, 0.3) is 5.95 Å². The van der Waals surface area contributed by atoms with Crippen molar-refractivity contribution in [3.63, 3.8) is 0 Å². The van der Waals surface area contributed by atoms with E-state index in [0.717, 1.165) is 72.7 Å². The highest BCUT2D eigenvalue weighted by atomic mass is 32.1. The van der Waals surface area contributed by atoms with E-state index in [4.69, 9.17) is 31.0 Å². The quantitative estimate of drug-likeness (QED) is 0.0505. The van der Waals surface area contributed by atoms with Crippen LogP contribution in [0, 0.1) is 5.92 Å². The van der Waals surface area contributed by atoms with E-state index in [1.54, 1.807) is 10.9 Å². The van der Waals surface area contributed by atoms with Gasteiger partial charge in [-0.05, 0) is 152 Å². The molecule has 6 saturated carbocycles. The number of hydrogen-bond donors (Lipinski definition) is 5. The average molecular weight is 1130 g/mol. The lowest BCUT2D eigenvalue weighted by Crippen LogP contribution is -2.38. The summed E-state index contributed by atoms with van der Waals surface area (Å²) in [6.45, 7) is 8.60. The molecule has 2 atom stereocenters. The summed E-state index contributed by atoms with van der Waals surface area (Å²) in [4.78, 5) is 34.0. The molecule has 9 heterocycles. The highest BCUT2D eigenvalue weighted by Gasteiger charge is 2.38. The zero-order valence-corrected chi connectivity index (χ0v) is 48.2. The predicted octanol–water partition coefficient (Wildman–Crippen LogP) is 9.21. The number of nitrogens with one attached hydrogen (secondary N) is 4. The second-order valence-corrected chi connectivity index (χ2v) is 22.5. The summed E-state index contributed by atoms with van der Waals surface area (Å²) in [6, 6.07) is 21.7. The first kappa shape index (κ1) is 55.4. The van der Waals surface area contributed by atoms with Gasteiger partial charge in [0.15, 0.2) is 23.2 Å². The zero-order valence-electron chi connectivity index (χ0n) is 46.2. The molecule has 0 bridgehead atoms. The number of rotatable bonds is 19. The maximum Gasteiger partial charge on any atom is 0.259 e. The highest BCUT2D eigenvalue weighted by molar-refractivity contribution is 7.59. The summed E-state index contributed by atoms with van der Waals surface area (Å²) in [6.07, 6.45) is 17.5. The van der Waals surface area contributed by atoms with Crippen LogP contribution in [-0.2, 0) is 11.2 Å². The van der Waals surface area contributed by atoms with Gasteiger partial charge in [0.2, 0.25) is 11.9 Å². The minimum Gasteiger partial charge on any atom is -0.383 e. The summed E-state index contributed by atoms with van der Waals surface area (Å²) >= 11 is 0. The van der Waals surface area contributed by atoms with Gasteiger partial charge in [-0.2, -0.15) is 67.0 Å². The molecule has 1 aliphatic heterocycles. The van der Waals surface area contributed by atoms with Gasteiger partial charge in [0.05, 0.1) is 29.5 Å². The Bertz CT molecular complexity index is 3300. The van der Waals surface area contributed by atoms with E-state index < -0.39 is 0 Å². The molecule has 0 unspecified atom stereocenters. The van der Waals surface area contributed by atoms with Gasteiger partial charge in [-0.1, -0.05) is 13.0 Å². The van der Waals surface area contributed by atoms with Gasteiger partial charge in [0.1, 0.15) is 17.5 Å². The van der Waals surface area contributed by atoms with Crippen LogP contribution in [0.3, 0.4) is 0 Å². The van der Waals surface area contributed by atoms with Crippen LogP contribution in [0.5, 0.6) is 0 Å². The molecule has 1 saturated heterocycles. The fourth-order valence-corrected chi connectivity index (χ4v) is 10.4. The lowest BCUT2D eigenvalue weighted by Gasteiger charge is -2.24. The van der Waals surface area contributed by atoms with Gasteiger partial charge in [-0.3, -0.25) is 14.9 Å². The Morgan fingerprint density at radius 3 is 1.67 bits per heavy atom. The van der Waals surface area contributed by atoms with E-state index in [9.17, 15) is 4.79 Å². The van der Waals surface area contributed by atoms with Crippen LogP contribution in [0.15, 0.2) is 72.9 Å². The maximum atomic E-state index is 13.5. The standard InChI is InChI=1S/C27H31N11O.2C15H19N5.2H2S/c1-15-10-21(22(39)11-18-4-2-3-9-29-18)37(14-15)26-31-25(30-24-13-19(34-35-24)16-5-6-16)32-27(33-26)38-23(28)12-20(36-38)17-7-8-17;2*1-2-16-14-7-8-15(18-17-14)20-13(11-5-6-11)9-12(19-20)10-3-4-10;;/h2-4,9,12-13,15-17,21H,5-8,10-11,14,28H2,1H3,(H2,30,31,32,33,34,35);2*7-11H,2-6H2,1H3,(H,16,17);2*1H2/t15-,21-;;;;/m0..../s1. The summed E-state index contributed by atoms with van der Waals surface area (Å²) in [5.74, 6) is 9.50. The van der Waals surface area contributed by atoms with E-state index in [1.165, 1.54) is 87.0 Å². The van der Waals surface area contributed by atoms with E-state index in [-0.39, 0.29) is 45.2 Å². The number of pyridine rings is 1. The molecule has 15 rings (SSSR count). The number of ketones is 1. The average Bonchev–Trinajstić information content (AvgIpc) is 4.45. The normalized spacial score (nSPS) is 19.1. The molecule has 7 fully saturated rings. The van der Waals surface area contributed by atoms with Crippen LogP contribution in [0.1, 0.15) is 180 Å². The number of aromatic nitrogens is 16. The van der Waals surface area contributed by atoms with E-state index in [2.05, 4.69) is 89.4 Å². The SMILES string of the molecule is CCNc1ccc(-n2nc(C3CC3)cc2C2CC2)nn1.CCNc1ccc(-n2nc(C3CC3)cc2C2CC2)nn1.C[C@H]1C[C@@H](C(=O)Cc2ccccn2)N(c2nc(Nc3cc(C4CC4)[nH]n3)nc(-n3nc(C4CC4)cc3N)n2)C1.S.S. The molecular weight excluding hydrogens is 1060 g/mol. The number of nitrogens with two attached hydrogens (primary N) is 1. The third-order valence-electron chi connectivity index (χ3n) is 15.6. The Kier molecular flexibility index (Phi) is 16.4. The number of anilines is 6. The first-order valence-electron chi connectivity index (χ1n) is 28.7. The Hall–Kier alpha value is -7.47.